The van der Waals surface area contributed by atoms with E-state index in [9.17, 15) is 14.0 Å². The summed E-state index contributed by atoms with van der Waals surface area (Å²) in [6.45, 7) is 6.46. The van der Waals surface area contributed by atoms with Crippen LogP contribution in [0.5, 0.6) is 0 Å². The average molecular weight is 399 g/mol. The van der Waals surface area contributed by atoms with Crippen molar-refractivity contribution in [1.82, 2.24) is 9.55 Å². The number of aromatic nitrogens is 2. The molecular weight excluding hydrogens is 373 g/mol. The maximum absolute atomic E-state index is 13.6. The molecule has 7 nitrogen and oxygen atoms in total. The summed E-state index contributed by atoms with van der Waals surface area (Å²) < 4.78 is 26.1. The maximum Gasteiger partial charge on any atom is 0.351 e. The second-order valence-electron chi connectivity index (χ2n) is 7.72. The first-order valence-corrected chi connectivity index (χ1v) is 10.3. The van der Waals surface area contributed by atoms with Crippen molar-refractivity contribution in [1.29, 1.82) is 0 Å². The minimum absolute atomic E-state index is 0.122. The molecule has 0 spiro atoms. The summed E-state index contributed by atoms with van der Waals surface area (Å²) in [6, 6.07) is 0. The number of halogens is 1. The summed E-state index contributed by atoms with van der Waals surface area (Å²) in [4.78, 5) is 28.0. The number of carbonyl (C=O) groups excluding carboxylic acids is 1. The quantitative estimate of drug-likeness (QED) is 0.777. The van der Waals surface area contributed by atoms with Gasteiger partial charge in [-0.15, -0.1) is 11.8 Å². The van der Waals surface area contributed by atoms with Gasteiger partial charge in [0.1, 0.15) is 12.3 Å². The van der Waals surface area contributed by atoms with E-state index in [1.54, 1.807) is 0 Å². The van der Waals surface area contributed by atoms with Gasteiger partial charge in [-0.1, -0.05) is 27.2 Å². The molecule has 1 aromatic heterocycles. The van der Waals surface area contributed by atoms with Crippen LogP contribution in [0.15, 0.2) is 11.0 Å². The van der Waals surface area contributed by atoms with Crippen molar-refractivity contribution in [2.45, 2.75) is 57.8 Å². The Kier molecular flexibility index (Phi) is 6.10. The van der Waals surface area contributed by atoms with Crippen molar-refractivity contribution in [3.05, 3.63) is 22.5 Å². The van der Waals surface area contributed by atoms with Crippen molar-refractivity contribution in [3.8, 4) is 0 Å². The third-order valence-corrected chi connectivity index (χ3v) is 6.42. The molecule has 2 unspecified atom stereocenters. The van der Waals surface area contributed by atoms with E-state index in [1.165, 1.54) is 11.8 Å². The van der Waals surface area contributed by atoms with Crippen LogP contribution in [0.4, 0.5) is 10.2 Å². The highest BCUT2D eigenvalue weighted by Crippen LogP contribution is 2.37. The number of ether oxygens (including phenoxy) is 2. The first kappa shape index (κ1) is 20.1. The van der Waals surface area contributed by atoms with Gasteiger partial charge in [-0.25, -0.2) is 14.0 Å². The topological polar surface area (TPSA) is 96.4 Å². The van der Waals surface area contributed by atoms with E-state index in [0.29, 0.717) is 23.5 Å². The second-order valence-corrected chi connectivity index (χ2v) is 8.82. The normalized spacial score (nSPS) is 31.2. The van der Waals surface area contributed by atoms with Gasteiger partial charge in [-0.3, -0.25) is 4.57 Å². The van der Waals surface area contributed by atoms with E-state index in [2.05, 4.69) is 25.8 Å². The first-order valence-electron chi connectivity index (χ1n) is 9.28. The molecule has 3 rings (SSSR count). The molecule has 1 saturated carbocycles. The summed E-state index contributed by atoms with van der Waals surface area (Å²) >= 11 is 1.23. The Labute approximate surface area is 161 Å². The predicted molar refractivity (Wildman–Crippen MR) is 100 cm³/mol. The minimum Gasteiger partial charge on any atom is -0.459 e. The first-order chi connectivity index (χ1) is 12.8. The fourth-order valence-electron chi connectivity index (χ4n) is 3.78. The SMILES string of the molecule is CC(C)C1CC[C@@H](C)CC1OC(=O)[C@H]1O[C@H](n2cc(F)c(N)nc2=O)CS1. The van der Waals surface area contributed by atoms with E-state index in [1.807, 2.05) is 0 Å². The summed E-state index contributed by atoms with van der Waals surface area (Å²) in [5.74, 6) is -0.0872. The Bertz CT molecular complexity index is 757. The fraction of sp³-hybridized carbons (Fsp3) is 0.722. The predicted octanol–water partition coefficient (Wildman–Crippen LogP) is 2.56. The van der Waals surface area contributed by atoms with Gasteiger partial charge in [0.2, 0.25) is 5.44 Å². The number of thioether (sulfide) groups is 1. The molecule has 2 aliphatic rings. The number of nitrogen functional groups attached to an aromatic ring is 1. The lowest BCUT2D eigenvalue weighted by atomic mass is 9.75. The summed E-state index contributed by atoms with van der Waals surface area (Å²) in [5.41, 5.74) is 3.74. The lowest BCUT2D eigenvalue weighted by Crippen LogP contribution is -2.38. The largest absolute Gasteiger partial charge is 0.459 e. The molecule has 0 amide bonds. The third-order valence-electron chi connectivity index (χ3n) is 5.34. The fourth-order valence-corrected chi connectivity index (χ4v) is 4.76. The Morgan fingerprint density at radius 1 is 1.48 bits per heavy atom. The highest BCUT2D eigenvalue weighted by molar-refractivity contribution is 8.00. The van der Waals surface area contributed by atoms with Gasteiger partial charge < -0.3 is 15.2 Å². The van der Waals surface area contributed by atoms with Gasteiger partial charge in [0, 0.05) is 5.75 Å². The van der Waals surface area contributed by atoms with Gasteiger partial charge in [-0.05, 0) is 30.6 Å². The van der Waals surface area contributed by atoms with Crippen molar-refractivity contribution in [2.24, 2.45) is 17.8 Å². The van der Waals surface area contributed by atoms with Crippen LogP contribution in [0, 0.1) is 23.6 Å². The molecule has 1 aromatic rings. The molecular formula is C18H26FN3O4S. The van der Waals surface area contributed by atoms with Gasteiger partial charge >= 0.3 is 11.7 Å². The summed E-state index contributed by atoms with van der Waals surface area (Å²) in [7, 11) is 0. The number of carbonyl (C=O) groups is 1. The van der Waals surface area contributed by atoms with Crippen LogP contribution in [-0.4, -0.2) is 32.8 Å². The highest BCUT2D eigenvalue weighted by atomic mass is 32.2. The molecule has 150 valence electrons. The third kappa shape index (κ3) is 4.45. The average Bonchev–Trinajstić information content (AvgIpc) is 3.08. The molecule has 1 saturated heterocycles. The lowest BCUT2D eigenvalue weighted by molar-refractivity contribution is -0.166. The minimum atomic E-state index is -0.840. The number of esters is 1. The molecule has 5 atom stereocenters. The Morgan fingerprint density at radius 3 is 2.93 bits per heavy atom. The van der Waals surface area contributed by atoms with Crippen molar-refractivity contribution in [2.75, 3.05) is 11.5 Å². The molecule has 0 aromatic carbocycles. The molecule has 9 heteroatoms. The molecule has 0 radical (unpaired) electrons. The maximum atomic E-state index is 13.6. The number of rotatable bonds is 4. The molecule has 2 N–H and O–H groups in total. The van der Waals surface area contributed by atoms with Gasteiger partial charge in [0.15, 0.2) is 11.6 Å². The Hall–Kier alpha value is -1.61. The van der Waals surface area contributed by atoms with Crippen LogP contribution in [0.2, 0.25) is 0 Å². The summed E-state index contributed by atoms with van der Waals surface area (Å²) in [5, 5.41) is 0. The van der Waals surface area contributed by atoms with Crippen molar-refractivity contribution >= 4 is 23.5 Å². The molecule has 2 heterocycles. The number of hydrogen-bond donors (Lipinski definition) is 1. The van der Waals surface area contributed by atoms with E-state index < -0.39 is 35.0 Å². The van der Waals surface area contributed by atoms with E-state index in [0.717, 1.165) is 30.0 Å². The molecule has 1 aliphatic carbocycles. The van der Waals surface area contributed by atoms with Crippen molar-refractivity contribution in [3.63, 3.8) is 0 Å². The lowest BCUT2D eigenvalue weighted by Gasteiger charge is -2.37. The Balaban J connectivity index is 1.65. The number of hydrogen-bond acceptors (Lipinski definition) is 7. The van der Waals surface area contributed by atoms with Crippen LogP contribution < -0.4 is 11.4 Å². The standard InChI is InChI=1S/C18H26FN3O4S/c1-9(2)11-5-4-10(3)6-13(11)25-16(23)17-26-14(8-27-17)22-7-12(19)15(20)21-18(22)24/h7,9-11,13-14,17H,4-6,8H2,1-3H3,(H2,20,21,24)/t10-,11?,13?,14+,17+/m1/s1. The van der Waals surface area contributed by atoms with E-state index in [-0.39, 0.29) is 6.10 Å². The van der Waals surface area contributed by atoms with Crippen LogP contribution >= 0.6 is 11.8 Å². The monoisotopic (exact) mass is 399 g/mol. The molecule has 2 fully saturated rings. The zero-order chi connectivity index (χ0) is 19.7. The van der Waals surface area contributed by atoms with Crippen LogP contribution in [0.25, 0.3) is 0 Å². The van der Waals surface area contributed by atoms with Gasteiger partial charge in [0.05, 0.1) is 6.20 Å². The van der Waals surface area contributed by atoms with Crippen LogP contribution in [-0.2, 0) is 14.3 Å². The second kappa shape index (κ2) is 8.18. The number of nitrogens with zero attached hydrogens (tertiary/aromatic N) is 2. The molecule has 27 heavy (non-hydrogen) atoms. The zero-order valence-corrected chi connectivity index (χ0v) is 16.6. The van der Waals surface area contributed by atoms with E-state index >= 15 is 0 Å². The molecule has 1 aliphatic heterocycles. The smallest absolute Gasteiger partial charge is 0.351 e. The van der Waals surface area contributed by atoms with E-state index in [4.69, 9.17) is 15.2 Å². The number of nitrogens with two attached hydrogens (primary N) is 1. The summed E-state index contributed by atoms with van der Waals surface area (Å²) in [6.07, 6.45) is 3.09. The molecule has 0 bridgehead atoms. The van der Waals surface area contributed by atoms with Gasteiger partial charge in [0.25, 0.3) is 0 Å². The highest BCUT2D eigenvalue weighted by Gasteiger charge is 2.39. The number of anilines is 1. The van der Waals surface area contributed by atoms with Crippen LogP contribution in [0.3, 0.4) is 0 Å². The van der Waals surface area contributed by atoms with Crippen molar-refractivity contribution < 1.29 is 18.7 Å². The Morgan fingerprint density at radius 2 is 2.22 bits per heavy atom. The zero-order valence-electron chi connectivity index (χ0n) is 15.8. The van der Waals surface area contributed by atoms with Crippen LogP contribution in [0.1, 0.15) is 46.3 Å². The van der Waals surface area contributed by atoms with Gasteiger partial charge in [-0.2, -0.15) is 4.98 Å².